The van der Waals surface area contributed by atoms with Gasteiger partial charge in [0, 0.05) is 5.56 Å². The molecule has 0 aliphatic carbocycles. The average molecular weight is 275 g/mol. The Balaban J connectivity index is 3.41. The van der Waals surface area contributed by atoms with E-state index in [1.54, 1.807) is 6.07 Å². The van der Waals surface area contributed by atoms with Crippen molar-refractivity contribution in [2.45, 2.75) is 33.1 Å². The second-order valence-electron chi connectivity index (χ2n) is 5.54. The van der Waals surface area contributed by atoms with Crippen LogP contribution in [0.2, 0.25) is 0 Å². The minimum absolute atomic E-state index is 0.0650. The lowest BCUT2D eigenvalue weighted by Crippen LogP contribution is -2.26. The topological polar surface area (TPSA) is 120 Å². The Labute approximate surface area is 118 Å². The summed E-state index contributed by atoms with van der Waals surface area (Å²) >= 11 is 0. The number of nitrogens with zero attached hydrogens (tertiary/aromatic N) is 2. The van der Waals surface area contributed by atoms with E-state index in [0.29, 0.717) is 11.3 Å². The normalized spacial score (nSPS) is 12.1. The van der Waals surface area contributed by atoms with Gasteiger partial charge in [-0.25, -0.2) is 4.99 Å². The van der Waals surface area contributed by atoms with Gasteiger partial charge in [0.1, 0.15) is 0 Å². The summed E-state index contributed by atoms with van der Waals surface area (Å²) in [6, 6.07) is 5.48. The number of hydrogen-bond acceptors (Lipinski definition) is 2. The molecule has 1 aromatic carbocycles. The lowest BCUT2D eigenvalue weighted by atomic mass is 9.86. The molecule has 0 aliphatic rings. The monoisotopic (exact) mass is 275 g/mol. The van der Waals surface area contributed by atoms with E-state index in [1.807, 2.05) is 12.1 Å². The molecule has 6 nitrogen and oxygen atoms in total. The lowest BCUT2D eigenvalue weighted by Gasteiger charge is -2.20. The molecule has 0 radical (unpaired) electrons. The number of rotatable bonds is 2. The van der Waals surface area contributed by atoms with Crippen molar-refractivity contribution in [1.82, 2.24) is 0 Å². The third kappa shape index (κ3) is 4.08. The first-order valence-corrected chi connectivity index (χ1v) is 6.20. The molecule has 0 saturated carbocycles. The van der Waals surface area contributed by atoms with Crippen molar-refractivity contribution in [3.8, 4) is 0 Å². The fourth-order valence-electron chi connectivity index (χ4n) is 1.67. The maximum absolute atomic E-state index is 11.6. The van der Waals surface area contributed by atoms with E-state index in [9.17, 15) is 4.79 Å². The summed E-state index contributed by atoms with van der Waals surface area (Å²) in [6.07, 6.45) is 0. The van der Waals surface area contributed by atoms with Crippen molar-refractivity contribution in [3.05, 3.63) is 29.3 Å². The van der Waals surface area contributed by atoms with E-state index in [1.165, 1.54) is 6.92 Å². The number of nitrogens with two attached hydrogens (primary N) is 3. The van der Waals surface area contributed by atoms with Gasteiger partial charge in [0.25, 0.3) is 0 Å². The van der Waals surface area contributed by atoms with Gasteiger partial charge >= 0.3 is 0 Å². The molecule has 0 bridgehead atoms. The van der Waals surface area contributed by atoms with E-state index in [-0.39, 0.29) is 23.1 Å². The Morgan fingerprint density at radius 3 is 2.20 bits per heavy atom. The van der Waals surface area contributed by atoms with Gasteiger partial charge in [0.05, 0.1) is 5.69 Å². The molecule has 0 amide bonds. The van der Waals surface area contributed by atoms with Crippen LogP contribution in [0, 0.1) is 0 Å². The zero-order valence-electron chi connectivity index (χ0n) is 12.3. The number of carbonyl (C=O) groups excluding carboxylic acids is 1. The van der Waals surface area contributed by atoms with Crippen LogP contribution in [-0.2, 0) is 5.41 Å². The van der Waals surface area contributed by atoms with Crippen molar-refractivity contribution in [3.63, 3.8) is 0 Å². The summed E-state index contributed by atoms with van der Waals surface area (Å²) in [6.45, 7) is 7.69. The van der Waals surface area contributed by atoms with Crippen molar-refractivity contribution >= 4 is 23.4 Å². The smallest absolute Gasteiger partial charge is 0.223 e. The molecular formula is C14H21N5O. The molecule has 6 N–H and O–H groups in total. The molecule has 1 rings (SSSR count). The van der Waals surface area contributed by atoms with Gasteiger partial charge in [0.2, 0.25) is 5.96 Å². The Morgan fingerprint density at radius 1 is 1.15 bits per heavy atom. The lowest BCUT2D eigenvalue weighted by molar-refractivity contribution is 0.101. The predicted molar refractivity (Wildman–Crippen MR) is 82.2 cm³/mol. The summed E-state index contributed by atoms with van der Waals surface area (Å²) in [5.41, 5.74) is 18.0. The second-order valence-corrected chi connectivity index (χ2v) is 5.54. The van der Waals surface area contributed by atoms with Gasteiger partial charge in [0.15, 0.2) is 11.7 Å². The van der Waals surface area contributed by atoms with Gasteiger partial charge in [-0.05, 0) is 30.0 Å². The molecule has 0 aromatic heterocycles. The van der Waals surface area contributed by atoms with Crippen LogP contribution in [0.3, 0.4) is 0 Å². The number of guanidine groups is 2. The maximum Gasteiger partial charge on any atom is 0.223 e. The van der Waals surface area contributed by atoms with Crippen LogP contribution in [-0.4, -0.2) is 17.7 Å². The Morgan fingerprint density at radius 2 is 1.75 bits per heavy atom. The van der Waals surface area contributed by atoms with Gasteiger partial charge in [-0.2, -0.15) is 4.99 Å². The summed E-state index contributed by atoms with van der Waals surface area (Å²) in [7, 11) is 0. The third-order valence-electron chi connectivity index (χ3n) is 2.72. The molecule has 0 fully saturated rings. The maximum atomic E-state index is 11.6. The average Bonchev–Trinajstić information content (AvgIpc) is 2.25. The first kappa shape index (κ1) is 15.7. The van der Waals surface area contributed by atoms with Gasteiger partial charge in [-0.1, -0.05) is 26.8 Å². The SMILES string of the molecule is CC(=O)c1ccc(C(C)(C)C)cc1N=C(N)N=C(N)N. The zero-order chi connectivity index (χ0) is 15.5. The van der Waals surface area contributed by atoms with Crippen molar-refractivity contribution in [2.24, 2.45) is 27.2 Å². The van der Waals surface area contributed by atoms with E-state index >= 15 is 0 Å². The quantitative estimate of drug-likeness (QED) is 0.429. The van der Waals surface area contributed by atoms with Crippen LogP contribution in [0.4, 0.5) is 5.69 Å². The van der Waals surface area contributed by atoms with Crippen molar-refractivity contribution in [1.29, 1.82) is 0 Å². The highest BCUT2D eigenvalue weighted by atomic mass is 16.1. The largest absolute Gasteiger partial charge is 0.370 e. The van der Waals surface area contributed by atoms with Crippen LogP contribution in [0.25, 0.3) is 0 Å². The number of aliphatic imine (C=N–C) groups is 2. The van der Waals surface area contributed by atoms with E-state index in [4.69, 9.17) is 17.2 Å². The van der Waals surface area contributed by atoms with E-state index in [0.717, 1.165) is 5.56 Å². The highest BCUT2D eigenvalue weighted by molar-refractivity contribution is 6.01. The Bertz CT molecular complexity index is 578. The van der Waals surface area contributed by atoms with E-state index in [2.05, 4.69) is 30.8 Å². The Kier molecular flexibility index (Phi) is 4.49. The van der Waals surface area contributed by atoms with Gasteiger partial charge in [-0.15, -0.1) is 0 Å². The predicted octanol–water partition coefficient (Wildman–Crippen LogP) is 1.41. The highest BCUT2D eigenvalue weighted by Crippen LogP contribution is 2.29. The first-order valence-electron chi connectivity index (χ1n) is 6.20. The molecule has 20 heavy (non-hydrogen) atoms. The molecule has 0 saturated heterocycles. The van der Waals surface area contributed by atoms with E-state index < -0.39 is 0 Å². The van der Waals surface area contributed by atoms with Crippen molar-refractivity contribution in [2.75, 3.05) is 0 Å². The number of Topliss-reactive ketones (excluding diaryl/α,β-unsaturated/α-hetero) is 1. The van der Waals surface area contributed by atoms with Crippen LogP contribution in [0.1, 0.15) is 43.6 Å². The van der Waals surface area contributed by atoms with Crippen LogP contribution in [0.5, 0.6) is 0 Å². The molecule has 0 spiro atoms. The fraction of sp³-hybridized carbons (Fsp3) is 0.357. The van der Waals surface area contributed by atoms with Crippen LogP contribution >= 0.6 is 0 Å². The standard InChI is InChI=1S/C14H21N5O/c1-8(20)10-6-5-9(14(2,3)4)7-11(10)18-13(17)19-12(15)16/h5-7H,1-4H3,(H6,15,16,17,18,19). The first-order chi connectivity index (χ1) is 9.11. The number of carbonyl (C=O) groups is 1. The summed E-state index contributed by atoms with van der Waals surface area (Å²) in [5.74, 6) is -0.358. The number of benzene rings is 1. The molecule has 0 aliphatic heterocycles. The van der Waals surface area contributed by atoms with Gasteiger partial charge < -0.3 is 17.2 Å². The summed E-state index contributed by atoms with van der Waals surface area (Å²) < 4.78 is 0. The number of hydrogen-bond donors (Lipinski definition) is 3. The molecule has 0 atom stereocenters. The summed E-state index contributed by atoms with van der Waals surface area (Å²) in [5, 5.41) is 0. The second kappa shape index (κ2) is 5.73. The molecule has 0 unspecified atom stereocenters. The third-order valence-corrected chi connectivity index (χ3v) is 2.72. The Hall–Kier alpha value is -2.37. The van der Waals surface area contributed by atoms with Crippen LogP contribution in [0.15, 0.2) is 28.2 Å². The molecule has 0 heterocycles. The fourth-order valence-corrected chi connectivity index (χ4v) is 1.67. The zero-order valence-corrected chi connectivity index (χ0v) is 12.3. The minimum atomic E-state index is -0.178. The van der Waals surface area contributed by atoms with Crippen molar-refractivity contribution < 1.29 is 4.79 Å². The highest BCUT2D eigenvalue weighted by Gasteiger charge is 2.16. The minimum Gasteiger partial charge on any atom is -0.370 e. The summed E-state index contributed by atoms with van der Waals surface area (Å²) in [4.78, 5) is 19.4. The molecular weight excluding hydrogens is 254 g/mol. The van der Waals surface area contributed by atoms with Crippen LogP contribution < -0.4 is 17.2 Å². The number of ketones is 1. The van der Waals surface area contributed by atoms with Gasteiger partial charge in [-0.3, -0.25) is 4.79 Å². The molecule has 108 valence electrons. The molecule has 6 heteroatoms. The molecule has 1 aromatic rings.